The van der Waals surface area contributed by atoms with Crippen molar-refractivity contribution in [3.63, 3.8) is 0 Å². The van der Waals surface area contributed by atoms with E-state index in [9.17, 15) is 4.79 Å². The number of aromatic amines is 1. The lowest BCUT2D eigenvalue weighted by Gasteiger charge is -2.11. The zero-order valence-electron chi connectivity index (χ0n) is 10.6. The van der Waals surface area contributed by atoms with Crippen LogP contribution in [0.2, 0.25) is 0 Å². The van der Waals surface area contributed by atoms with E-state index in [1.807, 2.05) is 26.0 Å². The molecule has 5 nitrogen and oxygen atoms in total. The highest BCUT2D eigenvalue weighted by Gasteiger charge is 2.10. The van der Waals surface area contributed by atoms with Crippen LogP contribution in [0.5, 0.6) is 5.75 Å². The highest BCUT2D eigenvalue weighted by Crippen LogP contribution is 2.30. The second-order valence-corrected chi connectivity index (χ2v) is 4.15. The molecule has 2 aromatic rings. The first-order valence-corrected chi connectivity index (χ1v) is 5.53. The summed E-state index contributed by atoms with van der Waals surface area (Å²) in [4.78, 5) is 18.0. The van der Waals surface area contributed by atoms with E-state index in [2.05, 4.69) is 9.97 Å². The van der Waals surface area contributed by atoms with Gasteiger partial charge in [-0.3, -0.25) is 9.78 Å². The average molecular weight is 245 g/mol. The number of aromatic nitrogens is 2. The Morgan fingerprint density at radius 1 is 1.22 bits per heavy atom. The third-order valence-corrected chi connectivity index (χ3v) is 2.85. The summed E-state index contributed by atoms with van der Waals surface area (Å²) in [7, 11) is 1.59. The molecule has 5 heteroatoms. The van der Waals surface area contributed by atoms with Crippen LogP contribution < -0.4 is 16.0 Å². The number of hydrogen-bond acceptors (Lipinski definition) is 4. The number of H-pyrrole nitrogens is 1. The largest absolute Gasteiger partial charge is 0.496 e. The molecule has 0 fully saturated rings. The zero-order valence-corrected chi connectivity index (χ0v) is 10.6. The van der Waals surface area contributed by atoms with E-state index in [1.54, 1.807) is 7.11 Å². The Bertz CT molecular complexity index is 647. The van der Waals surface area contributed by atoms with Crippen LogP contribution in [0.15, 0.2) is 23.0 Å². The summed E-state index contributed by atoms with van der Waals surface area (Å²) in [5.41, 5.74) is 8.76. The number of hydrogen-bond donors (Lipinski definition) is 2. The van der Waals surface area contributed by atoms with Crippen LogP contribution in [0.3, 0.4) is 0 Å². The van der Waals surface area contributed by atoms with Crippen molar-refractivity contribution >= 4 is 5.95 Å². The van der Waals surface area contributed by atoms with Gasteiger partial charge in [0, 0.05) is 11.6 Å². The van der Waals surface area contributed by atoms with E-state index >= 15 is 0 Å². The van der Waals surface area contributed by atoms with Crippen molar-refractivity contribution < 1.29 is 4.74 Å². The lowest BCUT2D eigenvalue weighted by Crippen LogP contribution is -2.10. The maximum atomic E-state index is 11.4. The maximum Gasteiger partial charge on any atom is 0.252 e. The fourth-order valence-corrected chi connectivity index (χ4v) is 1.77. The van der Waals surface area contributed by atoms with Gasteiger partial charge in [-0.1, -0.05) is 0 Å². The molecular formula is C13H15N3O2. The minimum Gasteiger partial charge on any atom is -0.496 e. The van der Waals surface area contributed by atoms with E-state index in [0.717, 1.165) is 16.7 Å². The number of nitrogens with one attached hydrogen (secondary N) is 1. The van der Waals surface area contributed by atoms with Gasteiger partial charge in [-0.25, -0.2) is 4.98 Å². The topological polar surface area (TPSA) is 81.0 Å². The molecule has 0 saturated carbocycles. The normalized spacial score (nSPS) is 10.4. The monoisotopic (exact) mass is 245 g/mol. The van der Waals surface area contributed by atoms with Crippen LogP contribution in [0.4, 0.5) is 5.95 Å². The van der Waals surface area contributed by atoms with E-state index in [4.69, 9.17) is 10.5 Å². The van der Waals surface area contributed by atoms with Gasteiger partial charge < -0.3 is 10.5 Å². The van der Waals surface area contributed by atoms with Crippen LogP contribution in [0.1, 0.15) is 11.1 Å². The SMILES string of the molecule is COc1cc(C)c(C)cc1-c1cc(=O)[nH]c(N)n1. The van der Waals surface area contributed by atoms with Crippen LogP contribution >= 0.6 is 0 Å². The summed E-state index contributed by atoms with van der Waals surface area (Å²) in [6.45, 7) is 4.00. The number of nitrogens with zero attached hydrogens (tertiary/aromatic N) is 1. The fraction of sp³-hybridized carbons (Fsp3) is 0.231. The first kappa shape index (κ1) is 12.2. The Balaban J connectivity index is 2.69. The van der Waals surface area contributed by atoms with Crippen molar-refractivity contribution in [2.75, 3.05) is 12.8 Å². The van der Waals surface area contributed by atoms with Crippen molar-refractivity contribution in [1.82, 2.24) is 9.97 Å². The van der Waals surface area contributed by atoms with Crippen LogP contribution in [0, 0.1) is 13.8 Å². The van der Waals surface area contributed by atoms with Crippen LogP contribution in [-0.2, 0) is 0 Å². The molecule has 0 saturated heterocycles. The molecule has 18 heavy (non-hydrogen) atoms. The zero-order chi connectivity index (χ0) is 13.3. The van der Waals surface area contributed by atoms with Crippen molar-refractivity contribution in [2.45, 2.75) is 13.8 Å². The van der Waals surface area contributed by atoms with Gasteiger partial charge in [0.15, 0.2) is 0 Å². The second kappa shape index (κ2) is 4.52. The van der Waals surface area contributed by atoms with Crippen molar-refractivity contribution in [2.24, 2.45) is 0 Å². The summed E-state index contributed by atoms with van der Waals surface area (Å²) in [6, 6.07) is 5.27. The third kappa shape index (κ3) is 2.20. The van der Waals surface area contributed by atoms with E-state index < -0.39 is 0 Å². The van der Waals surface area contributed by atoms with Crippen molar-refractivity contribution in [3.05, 3.63) is 39.7 Å². The second-order valence-electron chi connectivity index (χ2n) is 4.15. The lowest BCUT2D eigenvalue weighted by atomic mass is 10.0. The lowest BCUT2D eigenvalue weighted by molar-refractivity contribution is 0.416. The van der Waals surface area contributed by atoms with Crippen molar-refractivity contribution in [3.8, 4) is 17.0 Å². The van der Waals surface area contributed by atoms with Crippen LogP contribution in [0.25, 0.3) is 11.3 Å². The molecule has 0 aliphatic rings. The van der Waals surface area contributed by atoms with E-state index in [0.29, 0.717) is 11.4 Å². The van der Waals surface area contributed by atoms with Gasteiger partial charge in [-0.2, -0.15) is 0 Å². The van der Waals surface area contributed by atoms with Crippen molar-refractivity contribution in [1.29, 1.82) is 0 Å². The molecule has 0 aliphatic carbocycles. The van der Waals surface area contributed by atoms with Gasteiger partial charge in [-0.15, -0.1) is 0 Å². The van der Waals surface area contributed by atoms with Gasteiger partial charge in [0.1, 0.15) is 5.75 Å². The number of anilines is 1. The smallest absolute Gasteiger partial charge is 0.252 e. The molecule has 1 aromatic carbocycles. The number of nitrogen functional groups attached to an aromatic ring is 1. The predicted molar refractivity (Wildman–Crippen MR) is 70.7 cm³/mol. The highest BCUT2D eigenvalue weighted by atomic mass is 16.5. The molecular weight excluding hydrogens is 230 g/mol. The summed E-state index contributed by atoms with van der Waals surface area (Å²) >= 11 is 0. The summed E-state index contributed by atoms with van der Waals surface area (Å²) in [6.07, 6.45) is 0. The molecule has 1 aromatic heterocycles. The molecule has 0 bridgehead atoms. The van der Waals surface area contributed by atoms with Gasteiger partial charge in [0.25, 0.3) is 5.56 Å². The maximum absolute atomic E-state index is 11.4. The highest BCUT2D eigenvalue weighted by molar-refractivity contribution is 5.69. The Morgan fingerprint density at radius 2 is 1.89 bits per heavy atom. The summed E-state index contributed by atoms with van der Waals surface area (Å²) in [5.74, 6) is 0.772. The van der Waals surface area contributed by atoms with Gasteiger partial charge in [0.05, 0.1) is 12.8 Å². The molecule has 0 atom stereocenters. The molecule has 0 amide bonds. The average Bonchev–Trinajstić information content (AvgIpc) is 2.30. The Labute approximate surface area is 105 Å². The van der Waals surface area contributed by atoms with Gasteiger partial charge in [-0.05, 0) is 37.1 Å². The minimum absolute atomic E-state index is 0.0952. The molecule has 0 aliphatic heterocycles. The van der Waals surface area contributed by atoms with E-state index in [1.165, 1.54) is 6.07 Å². The molecule has 0 unspecified atom stereocenters. The Morgan fingerprint density at radius 3 is 2.50 bits per heavy atom. The summed E-state index contributed by atoms with van der Waals surface area (Å²) < 4.78 is 5.32. The number of nitrogens with two attached hydrogens (primary N) is 1. The standard InChI is InChI=1S/C13H15N3O2/c1-7-4-9(11(18-3)5-8(7)2)10-6-12(17)16-13(14)15-10/h4-6H,1-3H3,(H3,14,15,16,17). The fourth-order valence-electron chi connectivity index (χ4n) is 1.77. The molecule has 0 radical (unpaired) electrons. The van der Waals surface area contributed by atoms with Gasteiger partial charge >= 0.3 is 0 Å². The number of methoxy groups -OCH3 is 1. The predicted octanol–water partition coefficient (Wildman–Crippen LogP) is 1.64. The minimum atomic E-state index is -0.280. The van der Waals surface area contributed by atoms with E-state index in [-0.39, 0.29) is 11.5 Å². The molecule has 2 rings (SSSR count). The quantitative estimate of drug-likeness (QED) is 0.842. The van der Waals surface area contributed by atoms with Crippen LogP contribution in [-0.4, -0.2) is 17.1 Å². The molecule has 0 spiro atoms. The molecule has 3 N–H and O–H groups in total. The number of ether oxygens (including phenoxy) is 1. The Hall–Kier alpha value is -2.30. The third-order valence-electron chi connectivity index (χ3n) is 2.85. The van der Waals surface area contributed by atoms with Gasteiger partial charge in [0.2, 0.25) is 5.95 Å². The molecule has 1 heterocycles. The Kier molecular flexibility index (Phi) is 3.06. The molecule has 94 valence electrons. The number of aryl methyl sites for hydroxylation is 2. The first-order chi connectivity index (χ1) is 8.51. The number of benzene rings is 1. The first-order valence-electron chi connectivity index (χ1n) is 5.53. The summed E-state index contributed by atoms with van der Waals surface area (Å²) in [5, 5.41) is 0. The number of rotatable bonds is 2.